The molecule has 0 bridgehead atoms. The Labute approximate surface area is 272 Å². The summed E-state index contributed by atoms with van der Waals surface area (Å²) in [5, 5.41) is 1.91. The molecule has 3 heterocycles. The van der Waals surface area contributed by atoms with Gasteiger partial charge in [-0.15, -0.1) is 0 Å². The third kappa shape index (κ3) is 5.14. The molecule has 0 N–H and O–H groups in total. The maximum atomic E-state index is 13.9. The fraction of sp³-hybridized carbons (Fsp3) is 0.200. The van der Waals surface area contributed by atoms with Gasteiger partial charge in [0.05, 0.1) is 34.0 Å². The number of ether oxygens (including phenoxy) is 7. The minimum atomic E-state index is -0.693. The number of nitrogens with zero attached hydrogens (tertiary/aromatic N) is 1. The van der Waals surface area contributed by atoms with E-state index in [2.05, 4.69) is 0 Å². The highest BCUT2D eigenvalue weighted by Crippen LogP contribution is 2.49. The van der Waals surface area contributed by atoms with Crippen LogP contribution in [0.2, 0.25) is 0 Å². The summed E-state index contributed by atoms with van der Waals surface area (Å²) in [6, 6.07) is 11.4. The van der Waals surface area contributed by atoms with Crippen molar-refractivity contribution in [3.63, 3.8) is 0 Å². The van der Waals surface area contributed by atoms with Crippen molar-refractivity contribution in [2.24, 2.45) is 0 Å². The van der Waals surface area contributed by atoms with Crippen LogP contribution in [-0.4, -0.2) is 50.7 Å². The quantitative estimate of drug-likeness (QED) is 0.110. The van der Waals surface area contributed by atoms with Crippen LogP contribution in [0.5, 0.6) is 40.2 Å². The maximum Gasteiger partial charge on any atom is 0.361 e. The average Bonchev–Trinajstić information content (AvgIpc) is 3.40. The molecule has 0 atom stereocenters. The number of rotatable bonds is 8. The molecule has 6 rings (SSSR count). The van der Waals surface area contributed by atoms with Gasteiger partial charge in [-0.25, -0.2) is 4.79 Å². The first kappa shape index (κ1) is 31.7. The zero-order valence-corrected chi connectivity index (χ0v) is 27.0. The van der Waals surface area contributed by atoms with Crippen molar-refractivity contribution in [1.82, 2.24) is 4.40 Å². The average molecular weight is 656 g/mol. The molecule has 48 heavy (non-hydrogen) atoms. The summed E-state index contributed by atoms with van der Waals surface area (Å²) in [5.74, 6) is -0.432. The number of esters is 3. The Kier molecular flexibility index (Phi) is 8.05. The molecule has 0 aliphatic carbocycles. The van der Waals surface area contributed by atoms with Gasteiger partial charge in [0.25, 0.3) is 0 Å². The maximum absolute atomic E-state index is 13.9. The van der Waals surface area contributed by atoms with Gasteiger partial charge >= 0.3 is 23.5 Å². The van der Waals surface area contributed by atoms with E-state index in [1.54, 1.807) is 47.0 Å². The van der Waals surface area contributed by atoms with Crippen LogP contribution in [0.1, 0.15) is 20.8 Å². The van der Waals surface area contributed by atoms with E-state index in [9.17, 15) is 19.2 Å². The van der Waals surface area contributed by atoms with E-state index >= 15 is 0 Å². The number of pyridine rings is 1. The Morgan fingerprint density at radius 2 is 1.23 bits per heavy atom. The Morgan fingerprint density at radius 3 is 1.85 bits per heavy atom. The third-order valence-electron chi connectivity index (χ3n) is 7.65. The van der Waals surface area contributed by atoms with Crippen LogP contribution in [-0.2, 0) is 14.4 Å². The molecule has 6 aromatic rings. The number of carbonyl (C=O) groups excluding carboxylic acids is 3. The predicted molar refractivity (Wildman–Crippen MR) is 174 cm³/mol. The van der Waals surface area contributed by atoms with Crippen molar-refractivity contribution in [1.29, 1.82) is 0 Å². The van der Waals surface area contributed by atoms with Crippen molar-refractivity contribution in [3.8, 4) is 51.4 Å². The van der Waals surface area contributed by atoms with E-state index < -0.39 is 23.5 Å². The molecule has 246 valence electrons. The lowest BCUT2D eigenvalue weighted by Crippen LogP contribution is -2.06. The molecule has 0 saturated heterocycles. The first-order chi connectivity index (χ1) is 23.0. The van der Waals surface area contributed by atoms with Gasteiger partial charge in [-0.3, -0.25) is 14.4 Å². The van der Waals surface area contributed by atoms with Gasteiger partial charge in [-0.05, 0) is 35.9 Å². The Bertz CT molecular complexity index is 2380. The summed E-state index contributed by atoms with van der Waals surface area (Å²) in [5.41, 5.74) is 1.19. The molecule has 0 amide bonds. The monoisotopic (exact) mass is 655 g/mol. The van der Waals surface area contributed by atoms with Crippen molar-refractivity contribution >= 4 is 56.1 Å². The number of aromatic nitrogens is 1. The van der Waals surface area contributed by atoms with E-state index in [-0.39, 0.29) is 51.3 Å². The van der Waals surface area contributed by atoms with E-state index in [0.717, 1.165) is 0 Å². The van der Waals surface area contributed by atoms with Crippen LogP contribution in [0.25, 0.3) is 49.3 Å². The highest BCUT2D eigenvalue weighted by Gasteiger charge is 2.27. The molecule has 0 saturated carbocycles. The first-order valence-electron chi connectivity index (χ1n) is 14.4. The predicted octanol–water partition coefficient (Wildman–Crippen LogP) is 5.83. The fourth-order valence-corrected chi connectivity index (χ4v) is 5.90. The van der Waals surface area contributed by atoms with E-state index in [4.69, 9.17) is 37.6 Å². The van der Waals surface area contributed by atoms with Gasteiger partial charge < -0.3 is 42.0 Å². The van der Waals surface area contributed by atoms with Crippen molar-refractivity contribution in [3.05, 3.63) is 59.1 Å². The largest absolute Gasteiger partial charge is 0.493 e. The second-order valence-electron chi connectivity index (χ2n) is 10.6. The molecule has 13 heteroatoms. The van der Waals surface area contributed by atoms with Gasteiger partial charge in [0.15, 0.2) is 34.5 Å². The van der Waals surface area contributed by atoms with Gasteiger partial charge in [0.2, 0.25) is 5.75 Å². The summed E-state index contributed by atoms with van der Waals surface area (Å²) >= 11 is 0. The van der Waals surface area contributed by atoms with Crippen LogP contribution >= 0.6 is 0 Å². The molecule has 0 spiro atoms. The summed E-state index contributed by atoms with van der Waals surface area (Å²) in [6.07, 6.45) is 1.65. The van der Waals surface area contributed by atoms with E-state index in [1.165, 1.54) is 55.3 Å². The zero-order chi connectivity index (χ0) is 34.4. The van der Waals surface area contributed by atoms with Gasteiger partial charge in [0.1, 0.15) is 11.1 Å². The summed E-state index contributed by atoms with van der Waals surface area (Å²) in [4.78, 5) is 49.8. The molecule has 3 aromatic heterocycles. The van der Waals surface area contributed by atoms with E-state index in [0.29, 0.717) is 38.2 Å². The van der Waals surface area contributed by atoms with Gasteiger partial charge in [-0.2, -0.15) is 0 Å². The van der Waals surface area contributed by atoms with Crippen LogP contribution < -0.4 is 38.8 Å². The Balaban J connectivity index is 1.88. The number of methoxy groups -OCH3 is 4. The van der Waals surface area contributed by atoms with Crippen molar-refractivity contribution in [2.75, 3.05) is 28.4 Å². The first-order valence-corrected chi connectivity index (χ1v) is 14.4. The van der Waals surface area contributed by atoms with Crippen molar-refractivity contribution < 1.29 is 52.0 Å². The normalized spacial score (nSPS) is 11.1. The van der Waals surface area contributed by atoms with Crippen LogP contribution in [0.3, 0.4) is 0 Å². The molecule has 0 fully saturated rings. The molecule has 3 aromatic carbocycles. The lowest BCUT2D eigenvalue weighted by atomic mass is 9.97. The molecule has 0 aliphatic rings. The van der Waals surface area contributed by atoms with Crippen LogP contribution in [0.15, 0.2) is 57.9 Å². The summed E-state index contributed by atoms with van der Waals surface area (Å²) in [7, 11) is 5.73. The second kappa shape index (κ2) is 12.2. The van der Waals surface area contributed by atoms with Crippen LogP contribution in [0, 0.1) is 0 Å². The topological polar surface area (TPSA) is 150 Å². The minimum absolute atomic E-state index is 0.0611. The summed E-state index contributed by atoms with van der Waals surface area (Å²) < 4.78 is 46.3. The minimum Gasteiger partial charge on any atom is -0.493 e. The standard InChI is InChI=1S/C35H29NO12/c1-16(37)45-23-9-8-19(12-25(23)41-4)29-30-22-14-26(42-5)27(46-17(2)38)15-24(22)48-35(40)32(30)36-11-10-20-21(31(29)36)13-28(43-6)34(44-7)33(20)47-18(3)39/h8-15H,1-7H3. The smallest absolute Gasteiger partial charge is 0.361 e. The summed E-state index contributed by atoms with van der Waals surface area (Å²) in [6.45, 7) is 3.79. The van der Waals surface area contributed by atoms with Gasteiger partial charge in [-0.1, -0.05) is 6.07 Å². The highest BCUT2D eigenvalue weighted by atomic mass is 16.6. The number of hydrogen-bond acceptors (Lipinski definition) is 12. The molecule has 0 unspecified atom stereocenters. The molecular weight excluding hydrogens is 626 g/mol. The molecule has 13 nitrogen and oxygen atoms in total. The number of carbonyl (C=O) groups is 3. The van der Waals surface area contributed by atoms with E-state index in [1.807, 2.05) is 0 Å². The number of hydrogen-bond donors (Lipinski definition) is 0. The zero-order valence-electron chi connectivity index (χ0n) is 27.0. The second-order valence-corrected chi connectivity index (χ2v) is 10.6. The SMILES string of the molecule is COc1cc(-c2c3c4cc(OC)c(OC(C)=O)cc4oc(=O)c3n3ccc4c(OC(C)=O)c(OC)c(OC)cc4c23)ccc1OC(C)=O. The number of fused-ring (bicyclic) bond motifs is 7. The Hall–Kier alpha value is -6.24. The molecule has 0 radical (unpaired) electrons. The number of benzene rings is 3. The highest BCUT2D eigenvalue weighted by molar-refractivity contribution is 6.22. The van der Waals surface area contributed by atoms with Crippen LogP contribution in [0.4, 0.5) is 0 Å². The third-order valence-corrected chi connectivity index (χ3v) is 7.65. The van der Waals surface area contributed by atoms with Crippen molar-refractivity contribution in [2.45, 2.75) is 20.8 Å². The Morgan fingerprint density at radius 1 is 0.604 bits per heavy atom. The molecular formula is C35H29NO12. The lowest BCUT2D eigenvalue weighted by Gasteiger charge is -2.16. The van der Waals surface area contributed by atoms with Gasteiger partial charge in [0, 0.05) is 60.1 Å². The fourth-order valence-electron chi connectivity index (χ4n) is 5.90. The lowest BCUT2D eigenvalue weighted by molar-refractivity contribution is -0.132. The molecule has 0 aliphatic heterocycles.